The van der Waals surface area contributed by atoms with Crippen molar-refractivity contribution < 1.29 is 35.5 Å². The Morgan fingerprint density at radius 2 is 1.88 bits per heavy atom. The van der Waals surface area contributed by atoms with Crippen LogP contribution < -0.4 is 4.57 Å². The van der Waals surface area contributed by atoms with Gasteiger partial charge in [-0.3, -0.25) is 0 Å². The highest BCUT2D eigenvalue weighted by molar-refractivity contribution is 7.91. The monoisotopic (exact) mass is 428 g/mol. The number of sulfone groups is 1. The summed E-state index contributed by atoms with van der Waals surface area (Å²) in [5.74, 6) is -0.472. The Hall–Kier alpha value is -1.65. The molecule has 5 nitrogen and oxygen atoms in total. The molecular weight excluding hydrogens is 415 g/mol. The molecule has 2 aromatic rings. The number of phenolic OH excluding ortho intramolecular Hbond substituents is 1. The zero-order valence-electron chi connectivity index (χ0n) is 13.3. The fourth-order valence-electron chi connectivity index (χ4n) is 2.10. The first-order valence-corrected chi connectivity index (χ1v) is 10.4. The number of rotatable bonds is 5. The maximum Gasteiger partial charge on any atom is 0.475 e. The standard InChI is InChI=1S/C15H13ClF3NO4S2/c1-2-26(23,24)12-4-6-14(16)20(9-12)8-10-7-11(3-5-13(10)21)25(22)15(17,18)19/h3-7,9H,2,8H2,1H3/p+1. The number of phenols is 1. The molecule has 0 amide bonds. The molecule has 0 saturated carbocycles. The molecule has 0 spiro atoms. The third-order valence-electron chi connectivity index (χ3n) is 3.50. The second kappa shape index (κ2) is 7.53. The van der Waals surface area contributed by atoms with Crippen molar-refractivity contribution in [3.63, 3.8) is 0 Å². The van der Waals surface area contributed by atoms with Crippen molar-refractivity contribution >= 4 is 32.2 Å². The molecule has 0 aliphatic carbocycles. The zero-order chi connectivity index (χ0) is 19.7. The van der Waals surface area contributed by atoms with Gasteiger partial charge in [0.15, 0.2) is 33.4 Å². The van der Waals surface area contributed by atoms with Gasteiger partial charge in [0.1, 0.15) is 10.6 Å². The van der Waals surface area contributed by atoms with Gasteiger partial charge in [0.25, 0.3) is 5.15 Å². The van der Waals surface area contributed by atoms with Gasteiger partial charge in [-0.25, -0.2) is 12.6 Å². The summed E-state index contributed by atoms with van der Waals surface area (Å²) in [5.41, 5.74) is -4.92. The number of pyridine rings is 1. The summed E-state index contributed by atoms with van der Waals surface area (Å²) in [7, 11) is -6.77. The molecule has 0 bridgehead atoms. The maximum absolute atomic E-state index is 12.6. The van der Waals surface area contributed by atoms with Gasteiger partial charge in [-0.05, 0) is 35.9 Å². The number of nitrogens with zero attached hydrogens (tertiary/aromatic N) is 1. The van der Waals surface area contributed by atoms with E-state index in [1.54, 1.807) is 0 Å². The molecule has 1 heterocycles. The Bertz CT molecular complexity index is 962. The minimum absolute atomic E-state index is 0.0121. The van der Waals surface area contributed by atoms with Gasteiger partial charge in [0.2, 0.25) is 0 Å². The molecule has 1 aromatic heterocycles. The molecule has 0 aliphatic heterocycles. The molecule has 1 unspecified atom stereocenters. The van der Waals surface area contributed by atoms with E-state index in [1.807, 2.05) is 0 Å². The SMILES string of the molecule is CCS(=O)(=O)c1ccc(Cl)[n+](Cc2cc(S(=O)C(F)(F)F)ccc2O)c1. The lowest BCUT2D eigenvalue weighted by molar-refractivity contribution is -0.688. The van der Waals surface area contributed by atoms with E-state index in [1.165, 1.54) is 29.8 Å². The zero-order valence-corrected chi connectivity index (χ0v) is 15.7. The van der Waals surface area contributed by atoms with Crippen LogP contribution in [0.15, 0.2) is 46.3 Å². The number of hydrogen-bond donors (Lipinski definition) is 1. The van der Waals surface area contributed by atoms with Crippen LogP contribution in [-0.2, 0) is 27.2 Å². The lowest BCUT2D eigenvalue weighted by atomic mass is 10.2. The molecule has 0 fully saturated rings. The Kier molecular flexibility index (Phi) is 5.99. The van der Waals surface area contributed by atoms with Crippen molar-refractivity contribution in [3.8, 4) is 5.75 Å². The van der Waals surface area contributed by atoms with Crippen LogP contribution in [0.25, 0.3) is 0 Å². The smallest absolute Gasteiger partial charge is 0.475 e. The number of halogens is 4. The van der Waals surface area contributed by atoms with Crippen LogP contribution in [0.4, 0.5) is 13.2 Å². The van der Waals surface area contributed by atoms with E-state index < -0.39 is 31.0 Å². The normalized spacial score (nSPS) is 13.6. The first-order valence-electron chi connectivity index (χ1n) is 7.18. The number of aromatic nitrogens is 1. The first kappa shape index (κ1) is 20.7. The second-order valence-electron chi connectivity index (χ2n) is 5.22. The van der Waals surface area contributed by atoms with Gasteiger partial charge < -0.3 is 5.11 Å². The van der Waals surface area contributed by atoms with Crippen molar-refractivity contribution in [1.29, 1.82) is 0 Å². The van der Waals surface area contributed by atoms with Gasteiger partial charge in [0.05, 0.1) is 11.3 Å². The molecule has 2 rings (SSSR count). The van der Waals surface area contributed by atoms with Crippen molar-refractivity contribution in [1.82, 2.24) is 0 Å². The first-order chi connectivity index (χ1) is 12.0. The Labute approximate surface area is 155 Å². The van der Waals surface area contributed by atoms with E-state index in [0.717, 1.165) is 18.2 Å². The van der Waals surface area contributed by atoms with Crippen LogP contribution in [-0.4, -0.2) is 29.0 Å². The molecule has 0 radical (unpaired) electrons. The van der Waals surface area contributed by atoms with E-state index in [4.69, 9.17) is 11.6 Å². The van der Waals surface area contributed by atoms with Crippen molar-refractivity contribution in [2.45, 2.75) is 28.8 Å². The van der Waals surface area contributed by atoms with Crippen LogP contribution in [0.5, 0.6) is 5.75 Å². The quantitative estimate of drug-likeness (QED) is 0.587. The molecule has 142 valence electrons. The van der Waals surface area contributed by atoms with Crippen molar-refractivity contribution in [2.24, 2.45) is 0 Å². The predicted octanol–water partition coefficient (Wildman–Crippen LogP) is 2.80. The highest BCUT2D eigenvalue weighted by atomic mass is 35.5. The van der Waals surface area contributed by atoms with Crippen LogP contribution >= 0.6 is 11.6 Å². The van der Waals surface area contributed by atoms with Gasteiger partial charge in [-0.1, -0.05) is 6.92 Å². The summed E-state index contributed by atoms with van der Waals surface area (Å²) in [6.45, 7) is 1.26. The fourth-order valence-corrected chi connectivity index (χ4v) is 3.87. The molecule has 0 saturated heterocycles. The molecule has 1 N–H and O–H groups in total. The molecular formula is C15H14ClF3NO4S2+. The van der Waals surface area contributed by atoms with E-state index in [-0.39, 0.29) is 33.7 Å². The number of aromatic hydroxyl groups is 1. The highest BCUT2D eigenvalue weighted by Crippen LogP contribution is 2.29. The molecule has 1 aromatic carbocycles. The number of alkyl halides is 3. The summed E-state index contributed by atoms with van der Waals surface area (Å²) < 4.78 is 74.5. The van der Waals surface area contributed by atoms with Crippen LogP contribution in [0.2, 0.25) is 5.15 Å². The second-order valence-corrected chi connectivity index (χ2v) is 9.36. The highest BCUT2D eigenvalue weighted by Gasteiger charge is 2.38. The summed E-state index contributed by atoms with van der Waals surface area (Å²) >= 11 is 6.01. The minimum atomic E-state index is -4.94. The number of benzene rings is 1. The van der Waals surface area contributed by atoms with Gasteiger partial charge in [0, 0.05) is 11.0 Å². The van der Waals surface area contributed by atoms with Gasteiger partial charge in [-0.2, -0.15) is 17.7 Å². The summed E-state index contributed by atoms with van der Waals surface area (Å²) in [5, 5.41) is 10.0. The number of hydrogen-bond acceptors (Lipinski definition) is 4. The van der Waals surface area contributed by atoms with E-state index >= 15 is 0 Å². The third kappa shape index (κ3) is 4.54. The summed E-state index contributed by atoms with van der Waals surface area (Å²) in [6.07, 6.45) is 1.23. The van der Waals surface area contributed by atoms with Crippen molar-refractivity contribution in [2.75, 3.05) is 5.75 Å². The third-order valence-corrected chi connectivity index (χ3v) is 6.66. The van der Waals surface area contributed by atoms with Crippen LogP contribution in [0, 0.1) is 0 Å². The Morgan fingerprint density at radius 1 is 1.23 bits per heavy atom. The largest absolute Gasteiger partial charge is 0.507 e. The average molecular weight is 429 g/mol. The summed E-state index contributed by atoms with van der Waals surface area (Å²) in [4.78, 5) is -0.543. The maximum atomic E-state index is 12.6. The van der Waals surface area contributed by atoms with Gasteiger partial charge in [-0.15, -0.1) is 0 Å². The lowest BCUT2D eigenvalue weighted by Gasteiger charge is -2.09. The summed E-state index contributed by atoms with van der Waals surface area (Å²) in [6, 6.07) is 5.50. The van der Waals surface area contributed by atoms with Crippen LogP contribution in [0.1, 0.15) is 12.5 Å². The van der Waals surface area contributed by atoms with Crippen LogP contribution in [0.3, 0.4) is 0 Å². The van der Waals surface area contributed by atoms with Crippen molar-refractivity contribution in [3.05, 3.63) is 47.2 Å². The molecule has 11 heteroatoms. The lowest BCUT2D eigenvalue weighted by Crippen LogP contribution is -2.36. The Morgan fingerprint density at radius 3 is 2.46 bits per heavy atom. The topological polar surface area (TPSA) is 75.3 Å². The van der Waals surface area contributed by atoms with Gasteiger partial charge >= 0.3 is 5.51 Å². The predicted molar refractivity (Wildman–Crippen MR) is 89.0 cm³/mol. The molecule has 1 atom stereocenters. The average Bonchev–Trinajstić information content (AvgIpc) is 2.57. The minimum Gasteiger partial charge on any atom is -0.507 e. The van der Waals surface area contributed by atoms with E-state index in [0.29, 0.717) is 0 Å². The molecule has 26 heavy (non-hydrogen) atoms. The fraction of sp³-hybridized carbons (Fsp3) is 0.267. The van der Waals surface area contributed by atoms with E-state index in [9.17, 15) is 30.9 Å². The Balaban J connectivity index is 2.46. The molecule has 0 aliphatic rings. The van der Waals surface area contributed by atoms with E-state index in [2.05, 4.69) is 0 Å².